The van der Waals surface area contributed by atoms with Gasteiger partial charge in [0.2, 0.25) is 0 Å². The van der Waals surface area contributed by atoms with Gasteiger partial charge in [0.05, 0.1) is 7.11 Å². The topological polar surface area (TPSA) is 38.8 Å². The largest absolute Gasteiger partial charge is 0.482 e. The summed E-state index contributed by atoms with van der Waals surface area (Å²) in [5, 5.41) is 0. The number of anilines is 1. The zero-order valence-electron chi connectivity index (χ0n) is 10.2. The van der Waals surface area contributed by atoms with Gasteiger partial charge in [-0.15, -0.1) is 0 Å². The molecule has 0 radical (unpaired) electrons. The summed E-state index contributed by atoms with van der Waals surface area (Å²) in [6, 6.07) is 7.58. The van der Waals surface area contributed by atoms with E-state index in [2.05, 4.69) is 15.7 Å². The van der Waals surface area contributed by atoms with Gasteiger partial charge in [-0.1, -0.05) is 12.2 Å². The predicted octanol–water partition coefficient (Wildman–Crippen LogP) is 2.13. The van der Waals surface area contributed by atoms with Crippen LogP contribution in [0.2, 0.25) is 0 Å². The Labute approximate surface area is 106 Å². The Hall–Kier alpha value is -2.23. The third-order valence-electron chi connectivity index (χ3n) is 2.57. The average Bonchev–Trinajstić information content (AvgIpc) is 2.46. The van der Waals surface area contributed by atoms with Gasteiger partial charge in [0.25, 0.3) is 0 Å². The average molecular weight is 245 g/mol. The van der Waals surface area contributed by atoms with Crippen molar-refractivity contribution in [1.29, 1.82) is 0 Å². The molecule has 1 aliphatic heterocycles. The zero-order valence-corrected chi connectivity index (χ0v) is 10.2. The SMILES string of the molecule is COC(=O)COc1ccc(N2C=CC=CC2)cc1. The van der Waals surface area contributed by atoms with Crippen molar-refractivity contribution >= 4 is 11.7 Å². The van der Waals surface area contributed by atoms with Gasteiger partial charge in [-0.3, -0.25) is 0 Å². The number of nitrogens with zero attached hydrogens (tertiary/aromatic N) is 1. The van der Waals surface area contributed by atoms with E-state index < -0.39 is 0 Å². The van der Waals surface area contributed by atoms with Crippen LogP contribution in [0.15, 0.2) is 48.7 Å². The fraction of sp³-hybridized carbons (Fsp3) is 0.214. The lowest BCUT2D eigenvalue weighted by Gasteiger charge is -2.20. The summed E-state index contributed by atoms with van der Waals surface area (Å²) in [5.41, 5.74) is 1.08. The maximum absolute atomic E-state index is 10.9. The van der Waals surface area contributed by atoms with E-state index in [1.807, 2.05) is 42.6 Å². The molecule has 1 aromatic rings. The minimum absolute atomic E-state index is 0.0673. The summed E-state index contributed by atoms with van der Waals surface area (Å²) in [5.74, 6) is 0.267. The van der Waals surface area contributed by atoms with Crippen LogP contribution >= 0.6 is 0 Å². The molecule has 0 atom stereocenters. The van der Waals surface area contributed by atoms with Crippen LogP contribution in [0.5, 0.6) is 5.75 Å². The van der Waals surface area contributed by atoms with Gasteiger partial charge < -0.3 is 14.4 Å². The maximum atomic E-state index is 10.9. The zero-order chi connectivity index (χ0) is 12.8. The number of esters is 1. The summed E-state index contributed by atoms with van der Waals surface area (Å²) in [4.78, 5) is 13.0. The molecule has 0 amide bonds. The number of ether oxygens (including phenoxy) is 2. The molecule has 0 aromatic heterocycles. The molecule has 0 spiro atoms. The van der Waals surface area contributed by atoms with Crippen LogP contribution < -0.4 is 9.64 Å². The Morgan fingerprint density at radius 1 is 1.28 bits per heavy atom. The van der Waals surface area contributed by atoms with E-state index >= 15 is 0 Å². The molecule has 0 aliphatic carbocycles. The number of benzene rings is 1. The lowest BCUT2D eigenvalue weighted by Crippen LogP contribution is -2.17. The number of methoxy groups -OCH3 is 1. The van der Waals surface area contributed by atoms with Crippen LogP contribution in [0.25, 0.3) is 0 Å². The molecule has 1 aliphatic rings. The molecule has 0 N–H and O–H groups in total. The van der Waals surface area contributed by atoms with Crippen molar-refractivity contribution in [2.75, 3.05) is 25.2 Å². The molecule has 94 valence electrons. The summed E-state index contributed by atoms with van der Waals surface area (Å²) in [6.45, 7) is 0.793. The molecular weight excluding hydrogens is 230 g/mol. The second kappa shape index (κ2) is 5.91. The first-order chi connectivity index (χ1) is 8.79. The second-order valence-corrected chi connectivity index (χ2v) is 3.78. The van der Waals surface area contributed by atoms with Gasteiger partial charge in [0.15, 0.2) is 6.61 Å². The van der Waals surface area contributed by atoms with E-state index in [0.29, 0.717) is 5.75 Å². The number of hydrogen-bond acceptors (Lipinski definition) is 4. The molecule has 0 unspecified atom stereocenters. The minimum atomic E-state index is -0.386. The van der Waals surface area contributed by atoms with Crippen LogP contribution in [0.1, 0.15) is 0 Å². The predicted molar refractivity (Wildman–Crippen MR) is 69.6 cm³/mol. The molecule has 1 heterocycles. The second-order valence-electron chi connectivity index (χ2n) is 3.78. The Bertz CT molecular complexity index is 462. The van der Waals surface area contributed by atoms with Crippen LogP contribution in [0.3, 0.4) is 0 Å². The van der Waals surface area contributed by atoms with Crippen LogP contribution in [0.4, 0.5) is 5.69 Å². The highest BCUT2D eigenvalue weighted by atomic mass is 16.6. The first kappa shape index (κ1) is 12.2. The Morgan fingerprint density at radius 2 is 2.06 bits per heavy atom. The normalized spacial score (nSPS) is 13.5. The van der Waals surface area contributed by atoms with Crippen LogP contribution in [-0.4, -0.2) is 26.2 Å². The Balaban J connectivity index is 1.95. The third-order valence-corrected chi connectivity index (χ3v) is 2.57. The summed E-state index contributed by atoms with van der Waals surface area (Å²) >= 11 is 0. The Morgan fingerprint density at radius 3 is 2.67 bits per heavy atom. The van der Waals surface area contributed by atoms with Crippen molar-refractivity contribution in [3.05, 3.63) is 48.7 Å². The quantitative estimate of drug-likeness (QED) is 0.762. The highest BCUT2D eigenvalue weighted by Gasteiger charge is 2.05. The van der Waals surface area contributed by atoms with Crippen molar-refractivity contribution in [1.82, 2.24) is 0 Å². The first-order valence-corrected chi connectivity index (χ1v) is 5.69. The maximum Gasteiger partial charge on any atom is 0.343 e. The number of carbonyl (C=O) groups excluding carboxylic acids is 1. The van der Waals surface area contributed by atoms with Gasteiger partial charge in [0, 0.05) is 18.4 Å². The van der Waals surface area contributed by atoms with Crippen molar-refractivity contribution in [3.63, 3.8) is 0 Å². The van der Waals surface area contributed by atoms with E-state index in [0.717, 1.165) is 12.2 Å². The van der Waals surface area contributed by atoms with Crippen molar-refractivity contribution < 1.29 is 14.3 Å². The van der Waals surface area contributed by atoms with Gasteiger partial charge in [-0.05, 0) is 30.3 Å². The molecule has 0 fully saturated rings. The van der Waals surface area contributed by atoms with Gasteiger partial charge in [-0.2, -0.15) is 0 Å². The Kier molecular flexibility index (Phi) is 4.02. The number of rotatable bonds is 4. The van der Waals surface area contributed by atoms with Crippen molar-refractivity contribution in [3.8, 4) is 5.75 Å². The lowest BCUT2D eigenvalue weighted by molar-refractivity contribution is -0.142. The molecule has 2 rings (SSSR count). The molecule has 1 aromatic carbocycles. The fourth-order valence-electron chi connectivity index (χ4n) is 1.59. The number of allylic oxidation sites excluding steroid dienone is 2. The molecule has 0 saturated heterocycles. The van der Waals surface area contributed by atoms with E-state index in [1.165, 1.54) is 7.11 Å². The van der Waals surface area contributed by atoms with E-state index in [9.17, 15) is 4.79 Å². The first-order valence-electron chi connectivity index (χ1n) is 5.69. The van der Waals surface area contributed by atoms with Gasteiger partial charge in [0.1, 0.15) is 5.75 Å². The number of hydrogen-bond donors (Lipinski definition) is 0. The van der Waals surface area contributed by atoms with Crippen LogP contribution in [-0.2, 0) is 9.53 Å². The highest BCUT2D eigenvalue weighted by molar-refractivity contribution is 5.70. The van der Waals surface area contributed by atoms with Crippen LogP contribution in [0, 0.1) is 0 Å². The number of carbonyl (C=O) groups is 1. The standard InChI is InChI=1S/C14H15NO3/c1-17-14(16)11-18-13-7-5-12(6-8-13)15-9-3-2-4-10-15/h2-9H,10-11H2,1H3. The van der Waals surface area contributed by atoms with Crippen molar-refractivity contribution in [2.45, 2.75) is 0 Å². The summed E-state index contributed by atoms with van der Waals surface area (Å²) in [7, 11) is 1.34. The summed E-state index contributed by atoms with van der Waals surface area (Å²) in [6.07, 6.45) is 8.11. The van der Waals surface area contributed by atoms with Gasteiger partial charge >= 0.3 is 5.97 Å². The fourth-order valence-corrected chi connectivity index (χ4v) is 1.59. The third kappa shape index (κ3) is 3.13. The minimum Gasteiger partial charge on any atom is -0.482 e. The highest BCUT2D eigenvalue weighted by Crippen LogP contribution is 2.20. The van der Waals surface area contributed by atoms with Gasteiger partial charge in [-0.25, -0.2) is 4.79 Å². The van der Waals surface area contributed by atoms with E-state index in [1.54, 1.807) is 0 Å². The molecule has 18 heavy (non-hydrogen) atoms. The summed E-state index contributed by atoms with van der Waals surface area (Å²) < 4.78 is 9.78. The van der Waals surface area contributed by atoms with E-state index in [4.69, 9.17) is 4.74 Å². The molecule has 0 bridgehead atoms. The lowest BCUT2D eigenvalue weighted by atomic mass is 10.2. The molecule has 4 nitrogen and oxygen atoms in total. The molecular formula is C14H15NO3. The molecule has 0 saturated carbocycles. The van der Waals surface area contributed by atoms with E-state index in [-0.39, 0.29) is 12.6 Å². The van der Waals surface area contributed by atoms with Crippen molar-refractivity contribution in [2.24, 2.45) is 0 Å². The molecule has 4 heteroatoms. The smallest absolute Gasteiger partial charge is 0.343 e. The monoisotopic (exact) mass is 245 g/mol.